The van der Waals surface area contributed by atoms with E-state index in [2.05, 4.69) is 94.4 Å². The van der Waals surface area contributed by atoms with Gasteiger partial charge in [-0.05, 0) is 58.5 Å². The lowest BCUT2D eigenvalue weighted by Crippen LogP contribution is -2.41. The Morgan fingerprint density at radius 2 is 1.31 bits per heavy atom. The Labute approximate surface area is 173 Å². The molecule has 1 saturated heterocycles. The second-order valence-corrected chi connectivity index (χ2v) is 10.7. The second kappa shape index (κ2) is 6.70. The molecule has 146 valence electrons. The molecule has 2 heterocycles. The van der Waals surface area contributed by atoms with Gasteiger partial charge in [0.25, 0.3) is 0 Å². The molecular weight excluding hydrogens is 378 g/mol. The molecule has 0 bridgehead atoms. The average molecular weight is 402 g/mol. The fourth-order valence-electron chi connectivity index (χ4n) is 3.75. The van der Waals surface area contributed by atoms with E-state index in [1.54, 1.807) is 0 Å². The molecule has 1 fully saturated rings. The van der Waals surface area contributed by atoms with Crippen molar-refractivity contribution in [3.8, 4) is 11.5 Å². The predicted octanol–water partition coefficient (Wildman–Crippen LogP) is 3.85. The molecule has 1 atom stereocenters. The van der Waals surface area contributed by atoms with Crippen molar-refractivity contribution in [2.45, 2.75) is 38.9 Å². The van der Waals surface area contributed by atoms with Crippen LogP contribution in [0, 0.1) is 0 Å². The fraction of sp³-hybridized carbons (Fsp3) is 0.250. The van der Waals surface area contributed by atoms with Gasteiger partial charge in [0.05, 0.1) is 11.2 Å². The molecule has 29 heavy (non-hydrogen) atoms. The zero-order valence-electron chi connectivity index (χ0n) is 17.2. The maximum absolute atomic E-state index is 6.30. The third kappa shape index (κ3) is 3.11. The summed E-state index contributed by atoms with van der Waals surface area (Å²) in [6.07, 6.45) is 0. The zero-order chi connectivity index (χ0) is 20.2. The van der Waals surface area contributed by atoms with Crippen LogP contribution in [0.15, 0.2) is 72.8 Å². The molecule has 5 rings (SSSR count). The van der Waals surface area contributed by atoms with E-state index in [1.165, 1.54) is 15.9 Å². The van der Waals surface area contributed by atoms with Crippen molar-refractivity contribution >= 4 is 36.4 Å². The largest absolute Gasteiger partial charge is 0.494 e. The number of hydrogen-bond donors (Lipinski definition) is 0. The third-order valence-corrected chi connectivity index (χ3v) is 8.59. The molecule has 3 nitrogen and oxygen atoms in total. The zero-order valence-corrected chi connectivity index (χ0v) is 18.1. The second-order valence-electron chi connectivity index (χ2n) is 8.56. The SMILES string of the molecule is CC1(C)OB(c2ccc3c(c2)P(c2ccccc2)c2ccccc2O3)OC1(C)C. The van der Waals surface area contributed by atoms with Crippen LogP contribution in [-0.4, -0.2) is 18.3 Å². The molecule has 0 aliphatic carbocycles. The quantitative estimate of drug-likeness (QED) is 0.377. The maximum atomic E-state index is 6.30. The lowest BCUT2D eigenvalue weighted by molar-refractivity contribution is 0.00578. The molecule has 2 aliphatic heterocycles. The summed E-state index contributed by atoms with van der Waals surface area (Å²) in [7, 11) is -1.09. The van der Waals surface area contributed by atoms with Crippen LogP contribution in [0.5, 0.6) is 11.5 Å². The van der Waals surface area contributed by atoms with Crippen LogP contribution >= 0.6 is 7.92 Å². The van der Waals surface area contributed by atoms with Gasteiger partial charge >= 0.3 is 7.12 Å². The summed E-state index contributed by atoms with van der Waals surface area (Å²) in [6.45, 7) is 8.34. The number of fused-ring (bicyclic) bond motifs is 2. The van der Waals surface area contributed by atoms with Crippen molar-refractivity contribution in [2.24, 2.45) is 0 Å². The molecule has 2 aliphatic rings. The Bertz CT molecular complexity index is 1050. The molecule has 0 radical (unpaired) electrons. The van der Waals surface area contributed by atoms with Crippen molar-refractivity contribution in [3.63, 3.8) is 0 Å². The standard InChI is InChI=1S/C24H24BO3P/c1-23(2)24(3,4)28-25(27-23)17-14-15-20-22(16-17)29(18-10-6-5-7-11-18)21-13-9-8-12-19(21)26-20/h5-16H,1-4H3. The van der Waals surface area contributed by atoms with Crippen molar-refractivity contribution in [1.82, 2.24) is 0 Å². The van der Waals surface area contributed by atoms with Crippen molar-refractivity contribution in [1.29, 1.82) is 0 Å². The molecule has 5 heteroatoms. The minimum atomic E-state index is -0.713. The van der Waals surface area contributed by atoms with Gasteiger partial charge in [-0.3, -0.25) is 0 Å². The van der Waals surface area contributed by atoms with Gasteiger partial charge in [0.1, 0.15) is 11.5 Å². The number of benzene rings is 3. The summed E-state index contributed by atoms with van der Waals surface area (Å²) >= 11 is 0. The number of rotatable bonds is 2. The molecule has 0 aromatic heterocycles. The number of ether oxygens (including phenoxy) is 1. The van der Waals surface area contributed by atoms with Crippen molar-refractivity contribution < 1.29 is 14.0 Å². The smallest absolute Gasteiger partial charge is 0.456 e. The Hall–Kier alpha value is -2.13. The van der Waals surface area contributed by atoms with Gasteiger partial charge in [-0.2, -0.15) is 0 Å². The molecule has 1 unspecified atom stereocenters. The Kier molecular flexibility index (Phi) is 4.36. The van der Waals surface area contributed by atoms with E-state index in [1.807, 2.05) is 6.07 Å². The molecule has 0 spiro atoms. The summed E-state index contributed by atoms with van der Waals surface area (Å²) in [5.74, 6) is 1.86. The highest BCUT2D eigenvalue weighted by molar-refractivity contribution is 7.80. The van der Waals surface area contributed by atoms with Crippen molar-refractivity contribution in [2.75, 3.05) is 0 Å². The van der Waals surface area contributed by atoms with Gasteiger partial charge in [0, 0.05) is 10.6 Å². The monoisotopic (exact) mass is 402 g/mol. The van der Waals surface area contributed by atoms with Crippen LogP contribution in [0.25, 0.3) is 0 Å². The fourth-order valence-corrected chi connectivity index (χ4v) is 6.23. The first kappa shape index (κ1) is 18.9. The van der Waals surface area contributed by atoms with Crippen LogP contribution < -0.4 is 26.1 Å². The molecule has 0 saturated carbocycles. The van der Waals surface area contributed by atoms with Gasteiger partial charge in [0.2, 0.25) is 0 Å². The minimum Gasteiger partial charge on any atom is -0.456 e. The molecule has 0 N–H and O–H groups in total. The summed E-state index contributed by atoms with van der Waals surface area (Å²) in [5.41, 5.74) is 0.315. The Morgan fingerprint density at radius 3 is 2.03 bits per heavy atom. The van der Waals surface area contributed by atoms with Gasteiger partial charge in [-0.15, -0.1) is 0 Å². The van der Waals surface area contributed by atoms with Crippen LogP contribution in [-0.2, 0) is 9.31 Å². The lowest BCUT2D eigenvalue weighted by atomic mass is 9.79. The minimum absolute atomic E-state index is 0.360. The van der Waals surface area contributed by atoms with Crippen LogP contribution in [0.2, 0.25) is 0 Å². The first-order valence-electron chi connectivity index (χ1n) is 9.97. The third-order valence-electron chi connectivity index (χ3n) is 6.09. The number of hydrogen-bond acceptors (Lipinski definition) is 3. The predicted molar refractivity (Wildman–Crippen MR) is 121 cm³/mol. The Morgan fingerprint density at radius 1 is 0.690 bits per heavy atom. The topological polar surface area (TPSA) is 27.7 Å². The highest BCUT2D eigenvalue weighted by Gasteiger charge is 2.52. The maximum Gasteiger partial charge on any atom is 0.494 e. The lowest BCUT2D eigenvalue weighted by Gasteiger charge is -2.32. The molecule has 0 amide bonds. The highest BCUT2D eigenvalue weighted by Crippen LogP contribution is 2.44. The van der Waals surface area contributed by atoms with Gasteiger partial charge in [-0.1, -0.05) is 60.7 Å². The van der Waals surface area contributed by atoms with E-state index in [0.29, 0.717) is 0 Å². The van der Waals surface area contributed by atoms with E-state index in [-0.39, 0.29) is 18.3 Å². The van der Waals surface area contributed by atoms with Crippen LogP contribution in [0.1, 0.15) is 27.7 Å². The molecular formula is C24H24BO3P. The van der Waals surface area contributed by atoms with E-state index < -0.39 is 7.92 Å². The molecule has 3 aromatic carbocycles. The summed E-state index contributed by atoms with van der Waals surface area (Å²) in [4.78, 5) is 0. The average Bonchev–Trinajstić information content (AvgIpc) is 2.93. The number of para-hydroxylation sites is 1. The molecule has 3 aromatic rings. The van der Waals surface area contributed by atoms with Crippen LogP contribution in [0.4, 0.5) is 0 Å². The summed E-state index contributed by atoms with van der Waals surface area (Å²) in [6, 6.07) is 25.4. The summed E-state index contributed by atoms with van der Waals surface area (Å²) < 4.78 is 18.9. The van der Waals surface area contributed by atoms with Crippen molar-refractivity contribution in [3.05, 3.63) is 72.8 Å². The van der Waals surface area contributed by atoms with Gasteiger partial charge in [0.15, 0.2) is 0 Å². The normalized spacial score (nSPS) is 21.2. The highest BCUT2D eigenvalue weighted by atomic mass is 31.1. The summed E-state index contributed by atoms with van der Waals surface area (Å²) in [5, 5.41) is 3.76. The van der Waals surface area contributed by atoms with E-state index in [4.69, 9.17) is 14.0 Å². The van der Waals surface area contributed by atoms with E-state index in [0.717, 1.165) is 17.0 Å². The van der Waals surface area contributed by atoms with Crippen LogP contribution in [0.3, 0.4) is 0 Å². The van der Waals surface area contributed by atoms with E-state index in [9.17, 15) is 0 Å². The Balaban J connectivity index is 1.62. The first-order valence-corrected chi connectivity index (χ1v) is 11.3. The van der Waals surface area contributed by atoms with Gasteiger partial charge < -0.3 is 14.0 Å². The first-order chi connectivity index (χ1) is 13.9. The van der Waals surface area contributed by atoms with Gasteiger partial charge in [-0.25, -0.2) is 0 Å². The van der Waals surface area contributed by atoms with E-state index >= 15 is 0 Å².